The Morgan fingerprint density at radius 3 is 2.57 bits per heavy atom. The van der Waals surface area contributed by atoms with E-state index in [0.29, 0.717) is 44.2 Å². The summed E-state index contributed by atoms with van der Waals surface area (Å²) in [7, 11) is 0. The molecule has 1 aromatic heterocycles. The molecular weight excluding hydrogens is 354 g/mol. The van der Waals surface area contributed by atoms with Crippen molar-refractivity contribution < 1.29 is 13.9 Å². The monoisotopic (exact) mass is 379 g/mol. The van der Waals surface area contributed by atoms with Crippen LogP contribution in [0.4, 0.5) is 0 Å². The summed E-state index contributed by atoms with van der Waals surface area (Å²) in [6.07, 6.45) is 1.64. The average Bonchev–Trinajstić information content (AvgIpc) is 3.14. The van der Waals surface area contributed by atoms with Gasteiger partial charge in [0.15, 0.2) is 0 Å². The highest BCUT2D eigenvalue weighted by molar-refractivity contribution is 5.75. The van der Waals surface area contributed by atoms with Gasteiger partial charge in [0, 0.05) is 18.4 Å². The Balaban J connectivity index is 1.33. The molecule has 2 aromatic carbocycles. The molecule has 0 bridgehead atoms. The Labute approximate surface area is 164 Å². The van der Waals surface area contributed by atoms with E-state index in [1.165, 1.54) is 0 Å². The molecule has 0 atom stereocenters. The fraction of sp³-hybridized carbons (Fsp3) is 0.318. The van der Waals surface area contributed by atoms with Gasteiger partial charge in [0.25, 0.3) is 0 Å². The van der Waals surface area contributed by atoms with Gasteiger partial charge in [-0.1, -0.05) is 24.3 Å². The zero-order valence-corrected chi connectivity index (χ0v) is 16.3. The van der Waals surface area contributed by atoms with Crippen LogP contribution in [0.1, 0.15) is 29.9 Å². The molecule has 6 nitrogen and oxygen atoms in total. The number of benzene rings is 2. The molecule has 1 heterocycles. The van der Waals surface area contributed by atoms with Crippen molar-refractivity contribution in [2.24, 2.45) is 0 Å². The van der Waals surface area contributed by atoms with Gasteiger partial charge in [-0.3, -0.25) is 4.79 Å². The lowest BCUT2D eigenvalue weighted by atomic mass is 10.1. The Hall–Kier alpha value is -3.15. The second-order valence-electron chi connectivity index (χ2n) is 6.74. The van der Waals surface area contributed by atoms with E-state index in [2.05, 4.69) is 21.6 Å². The van der Waals surface area contributed by atoms with E-state index in [1.54, 1.807) is 0 Å². The lowest BCUT2D eigenvalue weighted by molar-refractivity contribution is -0.121. The summed E-state index contributed by atoms with van der Waals surface area (Å²) in [6, 6.07) is 15.7. The number of ether oxygens (including phenoxy) is 1. The molecule has 1 amide bonds. The molecule has 3 aromatic rings. The topological polar surface area (TPSA) is 77.2 Å². The largest absolute Gasteiger partial charge is 0.492 e. The Morgan fingerprint density at radius 2 is 1.82 bits per heavy atom. The van der Waals surface area contributed by atoms with Crippen molar-refractivity contribution in [1.29, 1.82) is 0 Å². The van der Waals surface area contributed by atoms with Crippen molar-refractivity contribution in [3.63, 3.8) is 0 Å². The smallest absolute Gasteiger partial charge is 0.247 e. The molecule has 3 rings (SSSR count). The zero-order chi connectivity index (χ0) is 19.8. The molecule has 0 saturated heterocycles. The quantitative estimate of drug-likeness (QED) is 0.571. The average molecular weight is 379 g/mol. The summed E-state index contributed by atoms with van der Waals surface area (Å²) in [5.74, 6) is 1.87. The minimum absolute atomic E-state index is 0.00757. The molecular formula is C22H25N3O3. The zero-order valence-electron chi connectivity index (χ0n) is 16.3. The number of carbonyl (C=O) groups is 1. The molecule has 0 radical (unpaired) electrons. The number of nitrogens with one attached hydrogen (secondary N) is 1. The Bertz CT molecular complexity index is 886. The lowest BCUT2D eigenvalue weighted by Gasteiger charge is -2.09. The van der Waals surface area contributed by atoms with Gasteiger partial charge in [0.1, 0.15) is 12.4 Å². The van der Waals surface area contributed by atoms with E-state index in [4.69, 9.17) is 9.15 Å². The molecule has 0 aliphatic rings. The van der Waals surface area contributed by atoms with Gasteiger partial charge in [0.05, 0.1) is 6.54 Å². The lowest BCUT2D eigenvalue weighted by Crippen LogP contribution is -2.27. The molecule has 0 saturated carbocycles. The summed E-state index contributed by atoms with van der Waals surface area (Å²) in [6.45, 7) is 4.99. The fourth-order valence-electron chi connectivity index (χ4n) is 2.92. The molecule has 0 aliphatic carbocycles. The Kier molecular flexibility index (Phi) is 6.78. The maximum atomic E-state index is 11.9. The summed E-state index contributed by atoms with van der Waals surface area (Å²) in [5, 5.41) is 11.0. The van der Waals surface area contributed by atoms with E-state index < -0.39 is 0 Å². The van der Waals surface area contributed by atoms with Crippen molar-refractivity contribution in [2.45, 2.75) is 33.1 Å². The van der Waals surface area contributed by atoms with Gasteiger partial charge in [-0.05, 0) is 55.7 Å². The number of aromatic nitrogens is 2. The number of carbonyl (C=O) groups excluding carboxylic acids is 1. The summed E-state index contributed by atoms with van der Waals surface area (Å²) in [4.78, 5) is 11.9. The molecule has 28 heavy (non-hydrogen) atoms. The second-order valence-corrected chi connectivity index (χ2v) is 6.74. The maximum Gasteiger partial charge on any atom is 0.247 e. The highest BCUT2D eigenvalue weighted by Crippen LogP contribution is 2.18. The molecule has 146 valence electrons. The van der Waals surface area contributed by atoms with E-state index in [-0.39, 0.29) is 5.91 Å². The molecule has 0 fully saturated rings. The predicted molar refractivity (Wildman–Crippen MR) is 107 cm³/mol. The summed E-state index contributed by atoms with van der Waals surface area (Å²) < 4.78 is 11.3. The van der Waals surface area contributed by atoms with Crippen molar-refractivity contribution in [3.8, 4) is 17.2 Å². The van der Waals surface area contributed by atoms with Crippen LogP contribution in [0.2, 0.25) is 0 Å². The Morgan fingerprint density at radius 1 is 1.07 bits per heavy atom. The first-order valence-corrected chi connectivity index (χ1v) is 9.46. The van der Waals surface area contributed by atoms with E-state index in [1.807, 2.05) is 56.3 Å². The van der Waals surface area contributed by atoms with Crippen molar-refractivity contribution in [2.75, 3.05) is 13.2 Å². The van der Waals surface area contributed by atoms with Gasteiger partial charge in [-0.2, -0.15) is 0 Å². The minimum atomic E-state index is -0.00757. The first kappa shape index (κ1) is 19.6. The second kappa shape index (κ2) is 9.69. The number of rotatable bonds is 9. The van der Waals surface area contributed by atoms with Crippen LogP contribution in [0, 0.1) is 13.8 Å². The van der Waals surface area contributed by atoms with Crippen LogP contribution in [0.3, 0.4) is 0 Å². The van der Waals surface area contributed by atoms with Crippen LogP contribution < -0.4 is 10.1 Å². The number of hydrogen-bond donors (Lipinski definition) is 1. The number of hydrogen-bond acceptors (Lipinski definition) is 5. The van der Waals surface area contributed by atoms with E-state index in [0.717, 1.165) is 22.4 Å². The van der Waals surface area contributed by atoms with Crippen LogP contribution in [-0.4, -0.2) is 29.3 Å². The van der Waals surface area contributed by atoms with Crippen LogP contribution in [-0.2, 0) is 11.2 Å². The number of amides is 1. The van der Waals surface area contributed by atoms with Gasteiger partial charge in [0.2, 0.25) is 17.7 Å². The third kappa shape index (κ3) is 5.94. The first-order valence-electron chi connectivity index (χ1n) is 9.46. The van der Waals surface area contributed by atoms with Crippen molar-refractivity contribution in [1.82, 2.24) is 15.5 Å². The number of aryl methyl sites for hydroxylation is 3. The first-order chi connectivity index (χ1) is 13.6. The minimum Gasteiger partial charge on any atom is -0.492 e. The van der Waals surface area contributed by atoms with Gasteiger partial charge >= 0.3 is 0 Å². The molecule has 0 spiro atoms. The highest BCUT2D eigenvalue weighted by Gasteiger charge is 2.09. The van der Waals surface area contributed by atoms with Crippen molar-refractivity contribution in [3.05, 3.63) is 65.5 Å². The summed E-state index contributed by atoms with van der Waals surface area (Å²) in [5.41, 5.74) is 3.22. The fourth-order valence-corrected chi connectivity index (χ4v) is 2.92. The molecule has 6 heteroatoms. The third-order valence-electron chi connectivity index (χ3n) is 4.17. The molecule has 0 unspecified atom stereocenters. The van der Waals surface area contributed by atoms with Crippen LogP contribution in [0.5, 0.6) is 5.75 Å². The predicted octanol–water partition coefficient (Wildman–Crippen LogP) is 3.87. The van der Waals surface area contributed by atoms with Gasteiger partial charge < -0.3 is 14.5 Å². The number of nitrogens with zero attached hydrogens (tertiary/aromatic N) is 2. The molecule has 0 aliphatic heterocycles. The SMILES string of the molecule is Cc1cc(C)cc(OCCNC(=O)CCCc2nnc(-c3ccccc3)o2)c1. The van der Waals surface area contributed by atoms with Crippen molar-refractivity contribution >= 4 is 5.91 Å². The van der Waals surface area contributed by atoms with Crippen LogP contribution in [0.25, 0.3) is 11.5 Å². The van der Waals surface area contributed by atoms with E-state index in [9.17, 15) is 4.79 Å². The van der Waals surface area contributed by atoms with Gasteiger partial charge in [-0.25, -0.2) is 0 Å². The molecule has 1 N–H and O–H groups in total. The maximum absolute atomic E-state index is 11.9. The van der Waals surface area contributed by atoms with Gasteiger partial charge in [-0.15, -0.1) is 10.2 Å². The van der Waals surface area contributed by atoms with E-state index >= 15 is 0 Å². The standard InChI is InChI=1S/C22H25N3O3/c1-16-13-17(2)15-19(14-16)27-12-11-23-20(26)9-6-10-21-24-25-22(28-21)18-7-4-3-5-8-18/h3-5,7-8,13-15H,6,9-12H2,1-2H3,(H,23,26). The summed E-state index contributed by atoms with van der Waals surface area (Å²) >= 11 is 0. The normalized spacial score (nSPS) is 10.6. The van der Waals surface area contributed by atoms with Crippen LogP contribution in [0.15, 0.2) is 52.9 Å². The highest BCUT2D eigenvalue weighted by atomic mass is 16.5. The third-order valence-corrected chi connectivity index (χ3v) is 4.17. The van der Waals surface area contributed by atoms with Crippen LogP contribution >= 0.6 is 0 Å².